The molecule has 0 saturated heterocycles. The van der Waals surface area contributed by atoms with Gasteiger partial charge in [-0.2, -0.15) is 0 Å². The summed E-state index contributed by atoms with van der Waals surface area (Å²) >= 11 is 0. The maximum Gasteiger partial charge on any atom is 0.213 e. The van der Waals surface area contributed by atoms with Crippen molar-refractivity contribution in [1.29, 1.82) is 0 Å². The minimum absolute atomic E-state index is 0.566. The second kappa shape index (κ2) is 5.00. The fourth-order valence-corrected chi connectivity index (χ4v) is 1.96. The van der Waals surface area contributed by atoms with E-state index in [9.17, 15) is 0 Å². The van der Waals surface area contributed by atoms with Crippen LogP contribution in [-0.4, -0.2) is 26.6 Å². The summed E-state index contributed by atoms with van der Waals surface area (Å²) in [6.07, 6.45) is 8.56. The van der Waals surface area contributed by atoms with Gasteiger partial charge >= 0.3 is 0 Å². The average molecular weight is 267 g/mol. The van der Waals surface area contributed by atoms with Crippen molar-refractivity contribution in [2.45, 2.75) is 0 Å². The predicted molar refractivity (Wildman–Crippen MR) is 75.6 cm³/mol. The van der Waals surface area contributed by atoms with Gasteiger partial charge in [0.2, 0.25) is 5.88 Å². The van der Waals surface area contributed by atoms with Crippen LogP contribution < -0.4 is 10.5 Å². The number of nitrogens with two attached hydrogens (primary N) is 1. The van der Waals surface area contributed by atoms with Crippen LogP contribution in [-0.2, 0) is 0 Å². The Morgan fingerprint density at radius 2 is 2.00 bits per heavy atom. The quantitative estimate of drug-likeness (QED) is 0.784. The van der Waals surface area contributed by atoms with E-state index < -0.39 is 0 Å². The van der Waals surface area contributed by atoms with Gasteiger partial charge in [0.05, 0.1) is 37.2 Å². The molecule has 0 aromatic carbocycles. The van der Waals surface area contributed by atoms with Crippen molar-refractivity contribution < 1.29 is 4.74 Å². The van der Waals surface area contributed by atoms with Crippen LogP contribution in [0.25, 0.3) is 16.9 Å². The smallest absolute Gasteiger partial charge is 0.213 e. The van der Waals surface area contributed by atoms with Crippen molar-refractivity contribution in [3.63, 3.8) is 0 Å². The Balaban J connectivity index is 2.08. The van der Waals surface area contributed by atoms with Crippen LogP contribution in [0.4, 0.5) is 5.69 Å². The van der Waals surface area contributed by atoms with Gasteiger partial charge in [0.25, 0.3) is 0 Å². The third-order valence-electron chi connectivity index (χ3n) is 2.98. The number of pyridine rings is 2. The van der Waals surface area contributed by atoms with Gasteiger partial charge in [0.15, 0.2) is 0 Å². The Bertz CT molecular complexity index is 720. The van der Waals surface area contributed by atoms with E-state index >= 15 is 0 Å². The molecule has 100 valence electrons. The first-order valence-electron chi connectivity index (χ1n) is 6.02. The highest BCUT2D eigenvalue weighted by Crippen LogP contribution is 2.26. The lowest BCUT2D eigenvalue weighted by atomic mass is 10.2. The molecule has 3 aromatic rings. The minimum atomic E-state index is 0.566. The second-order valence-electron chi connectivity index (χ2n) is 4.17. The molecule has 0 fully saturated rings. The molecule has 0 bridgehead atoms. The molecular formula is C14H13N5O. The van der Waals surface area contributed by atoms with E-state index in [0.29, 0.717) is 11.6 Å². The summed E-state index contributed by atoms with van der Waals surface area (Å²) in [5, 5.41) is 0. The summed E-state index contributed by atoms with van der Waals surface area (Å²) in [7, 11) is 1.58. The predicted octanol–water partition coefficient (Wildman–Crippen LogP) is 1.92. The van der Waals surface area contributed by atoms with E-state index in [2.05, 4.69) is 15.0 Å². The molecule has 0 unspecified atom stereocenters. The first-order valence-corrected chi connectivity index (χ1v) is 6.02. The molecule has 0 spiro atoms. The van der Waals surface area contributed by atoms with Crippen molar-refractivity contribution in [2.24, 2.45) is 0 Å². The van der Waals surface area contributed by atoms with Crippen molar-refractivity contribution in [3.8, 4) is 22.8 Å². The van der Waals surface area contributed by atoms with E-state index in [4.69, 9.17) is 10.5 Å². The van der Waals surface area contributed by atoms with Crippen LogP contribution in [0.3, 0.4) is 0 Å². The van der Waals surface area contributed by atoms with Gasteiger partial charge in [-0.3, -0.25) is 9.55 Å². The third kappa shape index (κ3) is 2.07. The highest BCUT2D eigenvalue weighted by molar-refractivity contribution is 5.73. The maximum absolute atomic E-state index is 5.99. The Morgan fingerprint density at radius 3 is 2.70 bits per heavy atom. The monoisotopic (exact) mass is 267 g/mol. The van der Waals surface area contributed by atoms with Gasteiger partial charge in [-0.25, -0.2) is 9.97 Å². The molecule has 0 radical (unpaired) electrons. The second-order valence-corrected chi connectivity index (χ2v) is 4.17. The lowest BCUT2D eigenvalue weighted by Crippen LogP contribution is -1.99. The molecule has 3 heterocycles. The molecule has 0 atom stereocenters. The maximum atomic E-state index is 5.99. The van der Waals surface area contributed by atoms with Crippen LogP contribution in [0.2, 0.25) is 0 Å². The fraction of sp³-hybridized carbons (Fsp3) is 0.0714. The number of hydrogen-bond donors (Lipinski definition) is 1. The number of methoxy groups -OCH3 is 1. The molecule has 0 aliphatic heterocycles. The molecule has 0 aliphatic rings. The summed E-state index contributed by atoms with van der Waals surface area (Å²) in [5.74, 6) is 0.566. The Morgan fingerprint density at radius 1 is 1.10 bits per heavy atom. The number of rotatable bonds is 3. The number of imidazole rings is 1. The lowest BCUT2D eigenvalue weighted by molar-refractivity contribution is 0.398. The highest BCUT2D eigenvalue weighted by Gasteiger charge is 2.10. The summed E-state index contributed by atoms with van der Waals surface area (Å²) in [5.41, 5.74) is 9.22. The molecule has 6 nitrogen and oxygen atoms in total. The zero-order chi connectivity index (χ0) is 13.9. The van der Waals surface area contributed by atoms with Crippen LogP contribution >= 0.6 is 0 Å². The van der Waals surface area contributed by atoms with Crippen molar-refractivity contribution in [2.75, 3.05) is 12.8 Å². The highest BCUT2D eigenvalue weighted by atomic mass is 16.5. The van der Waals surface area contributed by atoms with E-state index in [1.165, 1.54) is 0 Å². The molecule has 2 N–H and O–H groups in total. The van der Waals surface area contributed by atoms with Gasteiger partial charge in [-0.15, -0.1) is 0 Å². The topological polar surface area (TPSA) is 78.8 Å². The van der Waals surface area contributed by atoms with Crippen LogP contribution in [0.15, 0.2) is 49.3 Å². The molecule has 0 aliphatic carbocycles. The zero-order valence-electron chi connectivity index (χ0n) is 10.9. The first kappa shape index (κ1) is 12.2. The third-order valence-corrected chi connectivity index (χ3v) is 2.98. The van der Waals surface area contributed by atoms with E-state index in [1.807, 2.05) is 10.6 Å². The number of ether oxygens (including phenoxy) is 1. The lowest BCUT2D eigenvalue weighted by Gasteiger charge is -2.09. The summed E-state index contributed by atoms with van der Waals surface area (Å²) in [6, 6.07) is 5.47. The van der Waals surface area contributed by atoms with Crippen molar-refractivity contribution in [1.82, 2.24) is 19.5 Å². The van der Waals surface area contributed by atoms with Crippen LogP contribution in [0, 0.1) is 0 Å². The zero-order valence-corrected chi connectivity index (χ0v) is 10.9. The molecule has 0 saturated carbocycles. The fourth-order valence-electron chi connectivity index (χ4n) is 1.96. The molecule has 3 aromatic heterocycles. The SMILES string of the molecule is COc1ccc(-n2cncc2-c2cnccc2N)cn1. The Kier molecular flexibility index (Phi) is 3.04. The molecule has 20 heavy (non-hydrogen) atoms. The van der Waals surface area contributed by atoms with Gasteiger partial charge in [-0.1, -0.05) is 0 Å². The molecule has 3 rings (SSSR count). The normalized spacial score (nSPS) is 10.4. The Hall–Kier alpha value is -2.89. The van der Waals surface area contributed by atoms with Crippen molar-refractivity contribution in [3.05, 3.63) is 49.3 Å². The van der Waals surface area contributed by atoms with Gasteiger partial charge in [0.1, 0.15) is 0 Å². The minimum Gasteiger partial charge on any atom is -0.481 e. The number of nitrogen functional groups attached to an aromatic ring is 1. The molecule has 6 heteroatoms. The van der Waals surface area contributed by atoms with Crippen LogP contribution in [0.5, 0.6) is 5.88 Å². The summed E-state index contributed by atoms with van der Waals surface area (Å²) in [6.45, 7) is 0. The first-order chi connectivity index (χ1) is 9.79. The van der Waals surface area contributed by atoms with Gasteiger partial charge in [-0.05, 0) is 12.1 Å². The van der Waals surface area contributed by atoms with E-state index in [0.717, 1.165) is 16.9 Å². The molecular weight excluding hydrogens is 254 g/mol. The number of nitrogens with zero attached hydrogens (tertiary/aromatic N) is 4. The standard InChI is InChI=1S/C14H13N5O/c1-20-14-3-2-10(6-18-14)19-9-17-8-13(19)11-7-16-5-4-12(11)15/h2-9H,1H3,(H2,15,16). The van der Waals surface area contributed by atoms with E-state index in [-0.39, 0.29) is 0 Å². The largest absolute Gasteiger partial charge is 0.481 e. The molecule has 0 amide bonds. The van der Waals surface area contributed by atoms with E-state index in [1.54, 1.807) is 50.4 Å². The van der Waals surface area contributed by atoms with Gasteiger partial charge in [0, 0.05) is 29.7 Å². The summed E-state index contributed by atoms with van der Waals surface area (Å²) in [4.78, 5) is 12.5. The van der Waals surface area contributed by atoms with Crippen LogP contribution in [0.1, 0.15) is 0 Å². The Labute approximate surface area is 115 Å². The summed E-state index contributed by atoms with van der Waals surface area (Å²) < 4.78 is 6.96. The number of anilines is 1. The number of hydrogen-bond acceptors (Lipinski definition) is 5. The number of aromatic nitrogens is 4. The average Bonchev–Trinajstić information content (AvgIpc) is 2.97. The van der Waals surface area contributed by atoms with Gasteiger partial charge < -0.3 is 10.5 Å². The van der Waals surface area contributed by atoms with Crippen molar-refractivity contribution >= 4 is 5.69 Å².